The summed E-state index contributed by atoms with van der Waals surface area (Å²) in [7, 11) is 1.27. The van der Waals surface area contributed by atoms with Gasteiger partial charge in [0.15, 0.2) is 0 Å². The molecule has 0 aromatic heterocycles. The van der Waals surface area contributed by atoms with E-state index in [1.165, 1.54) is 7.11 Å². The van der Waals surface area contributed by atoms with E-state index >= 15 is 0 Å². The minimum Gasteiger partial charge on any atom is -0.467 e. The number of nitrogens with one attached hydrogen (secondary N) is 2. The van der Waals surface area contributed by atoms with Crippen LogP contribution in [0.4, 0.5) is 4.79 Å². The molecule has 0 heterocycles. The van der Waals surface area contributed by atoms with E-state index in [9.17, 15) is 14.4 Å². The quantitative estimate of drug-likeness (QED) is 0.461. The Bertz CT molecular complexity index is 696. The van der Waals surface area contributed by atoms with Crippen LogP contribution in [-0.4, -0.2) is 37.2 Å². The van der Waals surface area contributed by atoms with Crippen molar-refractivity contribution >= 4 is 18.0 Å². The van der Waals surface area contributed by atoms with Gasteiger partial charge in [0, 0.05) is 0 Å². The molecule has 0 saturated carbocycles. The molecule has 2 amide bonds. The predicted octanol–water partition coefficient (Wildman–Crippen LogP) is 3.34. The molecule has 1 aromatic rings. The second kappa shape index (κ2) is 12.6. The van der Waals surface area contributed by atoms with E-state index in [0.717, 1.165) is 11.1 Å². The molecule has 7 heteroatoms. The van der Waals surface area contributed by atoms with Crippen LogP contribution in [0.3, 0.4) is 0 Å². The molecular weight excluding hydrogens is 372 g/mol. The maximum Gasteiger partial charge on any atom is 0.408 e. The molecule has 2 N–H and O–H groups in total. The highest BCUT2D eigenvalue weighted by Crippen LogP contribution is 2.08. The molecule has 0 radical (unpaired) electrons. The van der Waals surface area contributed by atoms with Crippen molar-refractivity contribution in [3.63, 3.8) is 0 Å². The van der Waals surface area contributed by atoms with Gasteiger partial charge in [0.1, 0.15) is 18.7 Å². The number of alkyl carbamates (subject to hydrolysis) is 1. The van der Waals surface area contributed by atoms with Crippen LogP contribution in [0.1, 0.15) is 46.1 Å². The van der Waals surface area contributed by atoms with Gasteiger partial charge in [-0.1, -0.05) is 55.8 Å². The van der Waals surface area contributed by atoms with Gasteiger partial charge in [-0.15, -0.1) is 0 Å². The first-order valence-electron chi connectivity index (χ1n) is 9.71. The summed E-state index contributed by atoms with van der Waals surface area (Å²) in [5.41, 5.74) is 1.87. The smallest absolute Gasteiger partial charge is 0.408 e. The van der Waals surface area contributed by atoms with Gasteiger partial charge in [0.2, 0.25) is 5.91 Å². The molecular formula is C22H32N2O5. The molecule has 0 spiro atoms. The minimum absolute atomic E-state index is 0.105. The predicted molar refractivity (Wildman–Crippen MR) is 111 cm³/mol. The summed E-state index contributed by atoms with van der Waals surface area (Å²) < 4.78 is 9.99. The van der Waals surface area contributed by atoms with E-state index in [1.54, 1.807) is 0 Å². The van der Waals surface area contributed by atoms with Crippen molar-refractivity contribution in [1.29, 1.82) is 0 Å². The van der Waals surface area contributed by atoms with Gasteiger partial charge in [-0.05, 0) is 38.2 Å². The Morgan fingerprint density at radius 3 is 2.24 bits per heavy atom. The lowest BCUT2D eigenvalue weighted by atomic mass is 10.0. The van der Waals surface area contributed by atoms with E-state index in [1.807, 2.05) is 64.1 Å². The lowest BCUT2D eigenvalue weighted by Crippen LogP contribution is -2.52. The lowest BCUT2D eigenvalue weighted by Gasteiger charge is -2.23. The van der Waals surface area contributed by atoms with Crippen molar-refractivity contribution < 1.29 is 23.9 Å². The fraction of sp³-hybridized carbons (Fsp3) is 0.500. The van der Waals surface area contributed by atoms with Gasteiger partial charge in [-0.25, -0.2) is 9.59 Å². The highest BCUT2D eigenvalue weighted by molar-refractivity contribution is 5.89. The van der Waals surface area contributed by atoms with E-state index < -0.39 is 30.1 Å². The molecule has 7 nitrogen and oxygen atoms in total. The fourth-order valence-electron chi connectivity index (χ4n) is 2.59. The first-order chi connectivity index (χ1) is 13.7. The SMILES string of the molecule is COC(=O)[C@H](CC=C(C)C)NC(=O)[C@H](CC(C)C)NC(=O)OCc1ccccc1. The normalized spacial score (nSPS) is 12.5. The van der Waals surface area contributed by atoms with Crippen LogP contribution in [0, 0.1) is 5.92 Å². The molecule has 0 aliphatic carbocycles. The zero-order chi connectivity index (χ0) is 21.8. The van der Waals surface area contributed by atoms with Crippen molar-refractivity contribution in [2.45, 2.75) is 59.2 Å². The topological polar surface area (TPSA) is 93.7 Å². The van der Waals surface area contributed by atoms with E-state index in [0.29, 0.717) is 12.8 Å². The van der Waals surface area contributed by atoms with E-state index in [-0.39, 0.29) is 12.5 Å². The third-order valence-electron chi connectivity index (χ3n) is 4.09. The van der Waals surface area contributed by atoms with Crippen molar-refractivity contribution in [3.8, 4) is 0 Å². The first-order valence-corrected chi connectivity index (χ1v) is 9.71. The standard InChI is InChI=1S/C22H32N2O5/c1-15(2)11-12-18(21(26)28-5)23-20(25)19(13-16(3)4)24-22(27)29-14-17-9-7-6-8-10-17/h6-11,16,18-19H,12-14H2,1-5H3,(H,23,25)(H,24,27)/t18-,19-/m0/s1. The van der Waals surface area contributed by atoms with E-state index in [4.69, 9.17) is 9.47 Å². The number of ether oxygens (including phenoxy) is 2. The number of rotatable bonds is 10. The average molecular weight is 405 g/mol. The number of allylic oxidation sites excluding steroid dienone is 1. The third kappa shape index (κ3) is 9.78. The van der Waals surface area contributed by atoms with Gasteiger partial charge in [0.25, 0.3) is 0 Å². The van der Waals surface area contributed by atoms with Crippen molar-refractivity contribution in [2.75, 3.05) is 7.11 Å². The fourth-order valence-corrected chi connectivity index (χ4v) is 2.59. The Labute approximate surface area is 172 Å². The highest BCUT2D eigenvalue weighted by Gasteiger charge is 2.27. The number of methoxy groups -OCH3 is 1. The molecule has 1 aromatic carbocycles. The van der Waals surface area contributed by atoms with Crippen LogP contribution in [-0.2, 0) is 25.7 Å². The molecule has 160 valence electrons. The number of benzene rings is 1. The maximum atomic E-state index is 12.8. The Hall–Kier alpha value is -2.83. The van der Waals surface area contributed by atoms with Crippen molar-refractivity contribution in [1.82, 2.24) is 10.6 Å². The second-order valence-electron chi connectivity index (χ2n) is 7.49. The lowest BCUT2D eigenvalue weighted by molar-refractivity contribution is -0.145. The van der Waals surface area contributed by atoms with Crippen molar-refractivity contribution in [3.05, 3.63) is 47.5 Å². The van der Waals surface area contributed by atoms with Gasteiger partial charge in [-0.3, -0.25) is 4.79 Å². The number of carbonyl (C=O) groups excluding carboxylic acids is 3. The summed E-state index contributed by atoms with van der Waals surface area (Å²) in [5.74, 6) is -0.840. The monoisotopic (exact) mass is 404 g/mol. The summed E-state index contributed by atoms with van der Waals surface area (Å²) in [6.07, 6.45) is 1.88. The maximum absolute atomic E-state index is 12.8. The molecule has 0 aliphatic rings. The molecule has 2 atom stereocenters. The summed E-state index contributed by atoms with van der Waals surface area (Å²) in [6, 6.07) is 7.62. The summed E-state index contributed by atoms with van der Waals surface area (Å²) in [6.45, 7) is 7.80. The van der Waals surface area contributed by atoms with Crippen LogP contribution in [0.25, 0.3) is 0 Å². The van der Waals surface area contributed by atoms with Crippen LogP contribution in [0.5, 0.6) is 0 Å². The molecule has 0 bridgehead atoms. The van der Waals surface area contributed by atoms with Crippen LogP contribution in [0.2, 0.25) is 0 Å². The number of esters is 1. The Morgan fingerprint density at radius 2 is 1.69 bits per heavy atom. The second-order valence-corrected chi connectivity index (χ2v) is 7.49. The Morgan fingerprint density at radius 1 is 1.03 bits per heavy atom. The summed E-state index contributed by atoms with van der Waals surface area (Å²) >= 11 is 0. The van der Waals surface area contributed by atoms with Crippen LogP contribution >= 0.6 is 0 Å². The zero-order valence-corrected chi connectivity index (χ0v) is 17.9. The number of amides is 2. The largest absolute Gasteiger partial charge is 0.467 e. The van der Waals surface area contributed by atoms with Crippen molar-refractivity contribution in [2.24, 2.45) is 5.92 Å². The van der Waals surface area contributed by atoms with Crippen LogP contribution in [0.15, 0.2) is 42.0 Å². The molecule has 29 heavy (non-hydrogen) atoms. The van der Waals surface area contributed by atoms with Gasteiger partial charge >= 0.3 is 12.1 Å². The van der Waals surface area contributed by atoms with Gasteiger partial charge in [0.05, 0.1) is 7.11 Å². The molecule has 0 aliphatic heterocycles. The summed E-state index contributed by atoms with van der Waals surface area (Å²) in [4.78, 5) is 37.0. The molecule has 0 fully saturated rings. The van der Waals surface area contributed by atoms with Crippen LogP contribution < -0.4 is 10.6 Å². The Kier molecular flexibility index (Phi) is 10.5. The minimum atomic E-state index is -0.822. The number of hydrogen-bond donors (Lipinski definition) is 2. The number of carbonyl (C=O) groups is 3. The Balaban J connectivity index is 2.75. The van der Waals surface area contributed by atoms with Gasteiger partial charge in [-0.2, -0.15) is 0 Å². The zero-order valence-electron chi connectivity index (χ0n) is 17.9. The molecule has 1 rings (SSSR count). The molecule has 0 unspecified atom stereocenters. The van der Waals surface area contributed by atoms with Gasteiger partial charge < -0.3 is 20.1 Å². The average Bonchev–Trinajstić information content (AvgIpc) is 2.68. The highest BCUT2D eigenvalue weighted by atomic mass is 16.5. The molecule has 0 saturated heterocycles. The third-order valence-corrected chi connectivity index (χ3v) is 4.09. The number of hydrogen-bond acceptors (Lipinski definition) is 5. The summed E-state index contributed by atoms with van der Waals surface area (Å²) in [5, 5.41) is 5.28. The first kappa shape index (κ1) is 24.2. The van der Waals surface area contributed by atoms with E-state index in [2.05, 4.69) is 10.6 Å².